The Hall–Kier alpha value is -3.71. The molecule has 0 aliphatic carbocycles. The van der Waals surface area contributed by atoms with Crippen molar-refractivity contribution in [3.63, 3.8) is 0 Å². The fourth-order valence-electron chi connectivity index (χ4n) is 2.92. The number of hydrogen-bond donors (Lipinski definition) is 0. The van der Waals surface area contributed by atoms with E-state index in [1.54, 1.807) is 0 Å². The van der Waals surface area contributed by atoms with Gasteiger partial charge >= 0.3 is 0 Å². The maximum atomic E-state index is 14.4. The third kappa shape index (κ3) is 3.71. The first kappa shape index (κ1) is 21.5. The van der Waals surface area contributed by atoms with Crippen LogP contribution in [0, 0.1) is 11.6 Å². The zero-order chi connectivity index (χ0) is 22.9. The van der Waals surface area contributed by atoms with E-state index in [1.165, 1.54) is 48.8 Å². The molecule has 1 heterocycles. The number of benzene rings is 3. The predicted molar refractivity (Wildman–Crippen MR) is 109 cm³/mol. The van der Waals surface area contributed by atoms with E-state index in [0.717, 1.165) is 35.0 Å². The molecule has 0 atom stereocenters. The Morgan fingerprint density at radius 2 is 1.31 bits per heavy atom. The van der Waals surface area contributed by atoms with Crippen LogP contribution in [-0.2, 0) is 20.0 Å². The largest absolute Gasteiger partial charge is 0.280 e. The van der Waals surface area contributed by atoms with Crippen molar-refractivity contribution in [2.75, 3.05) is 3.71 Å². The molecule has 1 aromatic heterocycles. The Morgan fingerprint density at radius 1 is 0.750 bits per heavy atom. The third-order valence-electron chi connectivity index (χ3n) is 4.32. The Bertz CT molecular complexity index is 1420. The van der Waals surface area contributed by atoms with E-state index in [1.807, 2.05) is 0 Å². The minimum atomic E-state index is -5.05. The van der Waals surface area contributed by atoms with Crippen LogP contribution in [0.5, 0.6) is 0 Å². The number of sulfonamides is 2. The first-order valence-electron chi connectivity index (χ1n) is 8.86. The lowest BCUT2D eigenvalue weighted by Gasteiger charge is -2.24. The van der Waals surface area contributed by atoms with Gasteiger partial charge in [-0.2, -0.15) is 20.5 Å². The van der Waals surface area contributed by atoms with Crippen LogP contribution >= 0.6 is 0 Å². The monoisotopic (exact) mass is 477 g/mol. The summed E-state index contributed by atoms with van der Waals surface area (Å²) >= 11 is 0. The van der Waals surface area contributed by atoms with Crippen molar-refractivity contribution in [2.45, 2.75) is 9.79 Å². The van der Waals surface area contributed by atoms with E-state index in [-0.39, 0.29) is 9.40 Å². The van der Waals surface area contributed by atoms with Gasteiger partial charge in [0.25, 0.3) is 20.0 Å². The summed E-state index contributed by atoms with van der Waals surface area (Å²) in [6.45, 7) is 0. The van der Waals surface area contributed by atoms with Crippen LogP contribution in [0.2, 0.25) is 0 Å². The average Bonchev–Trinajstić information content (AvgIpc) is 3.29. The van der Waals surface area contributed by atoms with Gasteiger partial charge in [-0.05, 0) is 52.9 Å². The zero-order valence-corrected chi connectivity index (χ0v) is 17.6. The van der Waals surface area contributed by atoms with E-state index in [9.17, 15) is 25.6 Å². The van der Waals surface area contributed by atoms with Crippen molar-refractivity contribution in [1.29, 1.82) is 0 Å². The molecule has 4 rings (SSSR count). The van der Waals surface area contributed by atoms with Crippen LogP contribution in [0.1, 0.15) is 0 Å². The lowest BCUT2D eigenvalue weighted by atomic mass is 10.3. The molecule has 3 aromatic carbocycles. The molecule has 32 heavy (non-hydrogen) atoms. The molecule has 0 N–H and O–H groups in total. The Morgan fingerprint density at radius 3 is 1.81 bits per heavy atom. The molecule has 0 unspecified atom stereocenters. The van der Waals surface area contributed by atoms with Crippen molar-refractivity contribution in [1.82, 2.24) is 20.2 Å². The number of anilines is 1. The van der Waals surface area contributed by atoms with Gasteiger partial charge in [0.15, 0.2) is 0 Å². The molecule has 164 valence electrons. The molecule has 0 amide bonds. The number of hydrogen-bond acceptors (Lipinski definition) is 7. The zero-order valence-electron chi connectivity index (χ0n) is 15.9. The first-order chi connectivity index (χ1) is 15.2. The third-order valence-corrected chi connectivity index (χ3v) is 8.57. The van der Waals surface area contributed by atoms with E-state index in [0.29, 0.717) is 0 Å². The molecule has 13 heteroatoms. The van der Waals surface area contributed by atoms with Crippen LogP contribution < -0.4 is 3.71 Å². The second kappa shape index (κ2) is 8.09. The Labute approximate surface area is 181 Å². The van der Waals surface area contributed by atoms with Gasteiger partial charge in [-0.1, -0.05) is 30.3 Å². The highest BCUT2D eigenvalue weighted by Gasteiger charge is 2.39. The lowest BCUT2D eigenvalue weighted by Crippen LogP contribution is -2.38. The second-order valence-corrected chi connectivity index (χ2v) is 10.1. The molecule has 0 bridgehead atoms. The second-order valence-electron chi connectivity index (χ2n) is 6.34. The lowest BCUT2D eigenvalue weighted by molar-refractivity contribution is 0.559. The van der Waals surface area contributed by atoms with E-state index in [2.05, 4.69) is 15.5 Å². The van der Waals surface area contributed by atoms with Crippen molar-refractivity contribution in [3.05, 3.63) is 90.8 Å². The minimum absolute atomic E-state index is 0.00924. The summed E-state index contributed by atoms with van der Waals surface area (Å²) < 4.78 is 83.7. The van der Waals surface area contributed by atoms with Gasteiger partial charge in [-0.3, -0.25) is 0 Å². The van der Waals surface area contributed by atoms with Gasteiger partial charge in [0, 0.05) is 0 Å². The van der Waals surface area contributed by atoms with Crippen LogP contribution in [0.25, 0.3) is 5.69 Å². The normalized spacial score (nSPS) is 11.9. The number of nitrogens with zero attached hydrogens (tertiary/aromatic N) is 5. The predicted octanol–water partition coefficient (Wildman–Crippen LogP) is 2.52. The molecule has 0 spiro atoms. The molecule has 9 nitrogen and oxygen atoms in total. The van der Waals surface area contributed by atoms with Gasteiger partial charge in [-0.25, -0.2) is 13.5 Å². The van der Waals surface area contributed by atoms with Gasteiger partial charge < -0.3 is 0 Å². The molecule has 0 saturated heterocycles. The van der Waals surface area contributed by atoms with Crippen molar-refractivity contribution >= 4 is 25.7 Å². The number of aromatic nitrogens is 4. The topological polar surface area (TPSA) is 115 Å². The van der Waals surface area contributed by atoms with E-state index in [4.69, 9.17) is 0 Å². The highest BCUT2D eigenvalue weighted by molar-refractivity contribution is 8.10. The van der Waals surface area contributed by atoms with Crippen LogP contribution in [0.15, 0.2) is 88.9 Å². The fraction of sp³-hybridized carbons (Fsp3) is 0. The number of rotatable bonds is 6. The van der Waals surface area contributed by atoms with Gasteiger partial charge in [0.05, 0.1) is 11.4 Å². The summed E-state index contributed by atoms with van der Waals surface area (Å²) in [5.74, 6) is -2.34. The summed E-state index contributed by atoms with van der Waals surface area (Å²) in [6, 6.07) is 13.7. The van der Waals surface area contributed by atoms with Gasteiger partial charge in [0.2, 0.25) is 0 Å². The molecule has 0 radical (unpaired) electrons. The first-order valence-corrected chi connectivity index (χ1v) is 11.7. The summed E-state index contributed by atoms with van der Waals surface area (Å²) in [5.41, 5.74) is -0.186. The van der Waals surface area contributed by atoms with Crippen molar-refractivity contribution in [2.24, 2.45) is 0 Å². The highest BCUT2D eigenvalue weighted by Crippen LogP contribution is 2.33. The molecular formula is C19H13F2N5O4S2. The van der Waals surface area contributed by atoms with Crippen LogP contribution in [0.3, 0.4) is 0 Å². The maximum Gasteiger partial charge on any atom is 0.280 e. The summed E-state index contributed by atoms with van der Waals surface area (Å²) in [5, 5.41) is 10.6. The summed E-state index contributed by atoms with van der Waals surface area (Å²) in [7, 11) is -10.1. The molecule has 0 fully saturated rings. The smallest absolute Gasteiger partial charge is 0.205 e. The van der Waals surface area contributed by atoms with E-state index < -0.39 is 47.2 Å². The van der Waals surface area contributed by atoms with E-state index >= 15 is 0 Å². The Kier molecular flexibility index (Phi) is 5.44. The van der Waals surface area contributed by atoms with Gasteiger partial charge in [0.1, 0.15) is 27.8 Å². The standard InChI is InChI=1S/C19H13F2N5O4S2/c20-16-8-1-3-10-18(16)31(27,28)26(32(29,30)19-11-4-2-9-17(19)21)15-7-5-6-14(12-15)25-13-22-23-24-25/h1-13H. The minimum Gasteiger partial charge on any atom is -0.205 e. The summed E-state index contributed by atoms with van der Waals surface area (Å²) in [6.07, 6.45) is 1.21. The number of halogens is 2. The molecule has 0 aliphatic rings. The number of tetrazole rings is 1. The summed E-state index contributed by atoms with van der Waals surface area (Å²) in [4.78, 5) is -1.79. The molecule has 4 aromatic rings. The van der Waals surface area contributed by atoms with Gasteiger partial charge in [-0.15, -0.1) is 5.10 Å². The quantitative estimate of drug-likeness (QED) is 0.419. The molecule has 0 saturated carbocycles. The Balaban J connectivity index is 2.00. The SMILES string of the molecule is O=S(=O)(c1ccccc1F)N(c1cccc(-n2cnnn2)c1)S(=O)(=O)c1ccccc1F. The van der Waals surface area contributed by atoms with Crippen LogP contribution in [0.4, 0.5) is 14.5 Å². The highest BCUT2D eigenvalue weighted by atomic mass is 32.3. The fourth-order valence-corrected chi connectivity index (χ4v) is 6.71. The average molecular weight is 477 g/mol. The molecule has 0 aliphatic heterocycles. The van der Waals surface area contributed by atoms with Crippen molar-refractivity contribution in [3.8, 4) is 5.69 Å². The maximum absolute atomic E-state index is 14.4. The van der Waals surface area contributed by atoms with Crippen LogP contribution in [-0.4, -0.2) is 37.0 Å². The van der Waals surface area contributed by atoms with Crippen molar-refractivity contribution < 1.29 is 25.6 Å². The molecular weight excluding hydrogens is 464 g/mol.